The maximum Gasteiger partial charge on any atom is 0.139 e. The molecule has 1 aromatic rings. The zero-order chi connectivity index (χ0) is 13.2. The predicted octanol–water partition coefficient (Wildman–Crippen LogP) is 2.64. The predicted molar refractivity (Wildman–Crippen MR) is 74.7 cm³/mol. The monoisotopic (exact) mass is 249 g/mol. The third-order valence-electron chi connectivity index (χ3n) is 2.99. The molecule has 18 heavy (non-hydrogen) atoms. The summed E-state index contributed by atoms with van der Waals surface area (Å²) < 4.78 is 0. The van der Waals surface area contributed by atoms with Crippen molar-refractivity contribution in [2.75, 3.05) is 6.54 Å². The van der Waals surface area contributed by atoms with Crippen molar-refractivity contribution in [3.63, 3.8) is 0 Å². The summed E-state index contributed by atoms with van der Waals surface area (Å²) in [5, 5.41) is 14.9. The van der Waals surface area contributed by atoms with E-state index in [4.69, 9.17) is 10.9 Å². The van der Waals surface area contributed by atoms with Gasteiger partial charge in [0, 0.05) is 12.5 Å². The molecule has 0 saturated heterocycles. The smallest absolute Gasteiger partial charge is 0.139 e. The van der Waals surface area contributed by atoms with Gasteiger partial charge in [-0.2, -0.15) is 0 Å². The van der Waals surface area contributed by atoms with Crippen LogP contribution in [0.5, 0.6) is 0 Å². The summed E-state index contributed by atoms with van der Waals surface area (Å²) in [6.45, 7) is 3.13. The number of rotatable bonds is 8. The third kappa shape index (κ3) is 5.19. The highest BCUT2D eigenvalue weighted by atomic mass is 16.4. The molecule has 0 spiro atoms. The van der Waals surface area contributed by atoms with E-state index in [2.05, 4.69) is 41.7 Å². The molecule has 0 aromatic heterocycles. The lowest BCUT2D eigenvalue weighted by Crippen LogP contribution is -2.22. The number of nitrogens with zero attached hydrogens (tertiary/aromatic N) is 1. The number of nitrogens with one attached hydrogen (secondary N) is 1. The number of hydrogen-bond donors (Lipinski definition) is 3. The van der Waals surface area contributed by atoms with Gasteiger partial charge in [-0.25, -0.2) is 0 Å². The molecule has 1 aromatic carbocycles. The van der Waals surface area contributed by atoms with Gasteiger partial charge in [0.15, 0.2) is 0 Å². The minimum atomic E-state index is 0.310. The molecule has 1 rings (SSSR count). The van der Waals surface area contributed by atoms with Gasteiger partial charge in [-0.1, -0.05) is 42.4 Å². The Morgan fingerprint density at radius 2 is 2.06 bits per heavy atom. The SMILES string of the molecule is CCC(NCCCCC(N)=NO)c1ccccc1. The quantitative estimate of drug-likeness (QED) is 0.218. The van der Waals surface area contributed by atoms with Gasteiger partial charge in [0.05, 0.1) is 0 Å². The van der Waals surface area contributed by atoms with E-state index in [1.807, 2.05) is 6.07 Å². The number of nitrogens with two attached hydrogens (primary N) is 1. The Morgan fingerprint density at radius 3 is 2.67 bits per heavy atom. The summed E-state index contributed by atoms with van der Waals surface area (Å²) in [6.07, 6.45) is 3.69. The molecular formula is C14H23N3O. The Kier molecular flexibility index (Phi) is 6.87. The van der Waals surface area contributed by atoms with E-state index >= 15 is 0 Å². The van der Waals surface area contributed by atoms with Crippen molar-refractivity contribution in [2.24, 2.45) is 10.9 Å². The zero-order valence-electron chi connectivity index (χ0n) is 11.0. The molecule has 0 saturated carbocycles. The number of hydrogen-bond acceptors (Lipinski definition) is 3. The van der Waals surface area contributed by atoms with E-state index in [1.165, 1.54) is 5.56 Å². The summed E-state index contributed by atoms with van der Waals surface area (Å²) in [6, 6.07) is 10.9. The van der Waals surface area contributed by atoms with Crippen molar-refractivity contribution in [3.8, 4) is 0 Å². The van der Waals surface area contributed by atoms with Crippen molar-refractivity contribution in [1.29, 1.82) is 0 Å². The van der Waals surface area contributed by atoms with E-state index in [0.717, 1.165) is 25.8 Å². The average Bonchev–Trinajstić information content (AvgIpc) is 2.43. The van der Waals surface area contributed by atoms with E-state index in [1.54, 1.807) is 0 Å². The van der Waals surface area contributed by atoms with Crippen LogP contribution in [0.2, 0.25) is 0 Å². The zero-order valence-corrected chi connectivity index (χ0v) is 11.0. The van der Waals surface area contributed by atoms with Gasteiger partial charge in [0.25, 0.3) is 0 Å². The summed E-state index contributed by atoms with van der Waals surface area (Å²) in [5.41, 5.74) is 6.74. The Hall–Kier alpha value is -1.55. The second kappa shape index (κ2) is 8.53. The summed E-state index contributed by atoms with van der Waals surface area (Å²) in [4.78, 5) is 0. The normalized spacial score (nSPS) is 13.5. The van der Waals surface area contributed by atoms with Crippen LogP contribution in [0.25, 0.3) is 0 Å². The van der Waals surface area contributed by atoms with Gasteiger partial charge in [0.1, 0.15) is 5.84 Å². The number of unbranched alkanes of at least 4 members (excludes halogenated alkanes) is 1. The lowest BCUT2D eigenvalue weighted by atomic mass is 10.0. The molecule has 0 bridgehead atoms. The van der Waals surface area contributed by atoms with Gasteiger partial charge < -0.3 is 16.3 Å². The van der Waals surface area contributed by atoms with Gasteiger partial charge >= 0.3 is 0 Å². The number of benzene rings is 1. The van der Waals surface area contributed by atoms with E-state index in [9.17, 15) is 0 Å². The third-order valence-corrected chi connectivity index (χ3v) is 2.99. The van der Waals surface area contributed by atoms with Crippen LogP contribution in [0.4, 0.5) is 0 Å². The molecule has 0 fully saturated rings. The lowest BCUT2D eigenvalue weighted by Gasteiger charge is -2.17. The van der Waals surface area contributed by atoms with Crippen molar-refractivity contribution in [3.05, 3.63) is 35.9 Å². The highest BCUT2D eigenvalue weighted by Crippen LogP contribution is 2.15. The molecule has 0 heterocycles. The Bertz CT molecular complexity index is 351. The molecule has 1 unspecified atom stereocenters. The van der Waals surface area contributed by atoms with Gasteiger partial charge in [-0.15, -0.1) is 0 Å². The molecule has 0 aliphatic rings. The second-order valence-electron chi connectivity index (χ2n) is 4.37. The largest absolute Gasteiger partial charge is 0.409 e. The van der Waals surface area contributed by atoms with E-state index in [0.29, 0.717) is 18.3 Å². The summed E-state index contributed by atoms with van der Waals surface area (Å²) in [7, 11) is 0. The number of amidine groups is 1. The molecule has 4 nitrogen and oxygen atoms in total. The Balaban J connectivity index is 2.25. The van der Waals surface area contributed by atoms with Crippen LogP contribution in [0.1, 0.15) is 44.2 Å². The van der Waals surface area contributed by atoms with Crippen LogP contribution in [0, 0.1) is 0 Å². The first-order chi connectivity index (χ1) is 8.77. The van der Waals surface area contributed by atoms with Gasteiger partial charge in [-0.05, 0) is 31.4 Å². The van der Waals surface area contributed by atoms with E-state index < -0.39 is 0 Å². The molecule has 100 valence electrons. The highest BCUT2D eigenvalue weighted by molar-refractivity contribution is 5.79. The fourth-order valence-electron chi connectivity index (χ4n) is 1.94. The van der Waals surface area contributed by atoms with Crippen LogP contribution in [0.3, 0.4) is 0 Å². The van der Waals surface area contributed by atoms with Crippen molar-refractivity contribution >= 4 is 5.84 Å². The van der Waals surface area contributed by atoms with Crippen LogP contribution < -0.4 is 11.1 Å². The summed E-state index contributed by atoms with van der Waals surface area (Å²) in [5.74, 6) is 0.310. The van der Waals surface area contributed by atoms with Crippen LogP contribution in [-0.2, 0) is 0 Å². The lowest BCUT2D eigenvalue weighted by molar-refractivity contribution is 0.316. The fourth-order valence-corrected chi connectivity index (χ4v) is 1.94. The molecule has 0 aliphatic heterocycles. The van der Waals surface area contributed by atoms with Crippen molar-refractivity contribution < 1.29 is 5.21 Å². The Morgan fingerprint density at radius 1 is 1.33 bits per heavy atom. The minimum absolute atomic E-state index is 0.310. The first kappa shape index (κ1) is 14.5. The molecular weight excluding hydrogens is 226 g/mol. The second-order valence-corrected chi connectivity index (χ2v) is 4.37. The van der Waals surface area contributed by atoms with Crippen LogP contribution >= 0.6 is 0 Å². The molecule has 1 atom stereocenters. The molecule has 4 N–H and O–H groups in total. The van der Waals surface area contributed by atoms with Crippen LogP contribution in [0.15, 0.2) is 35.5 Å². The molecule has 0 radical (unpaired) electrons. The van der Waals surface area contributed by atoms with Gasteiger partial charge in [-0.3, -0.25) is 0 Å². The molecule has 0 aliphatic carbocycles. The van der Waals surface area contributed by atoms with Crippen LogP contribution in [-0.4, -0.2) is 17.6 Å². The van der Waals surface area contributed by atoms with Crippen molar-refractivity contribution in [1.82, 2.24) is 5.32 Å². The summed E-state index contributed by atoms with van der Waals surface area (Å²) >= 11 is 0. The van der Waals surface area contributed by atoms with Gasteiger partial charge in [0.2, 0.25) is 0 Å². The highest BCUT2D eigenvalue weighted by Gasteiger charge is 2.06. The molecule has 4 heteroatoms. The van der Waals surface area contributed by atoms with Crippen molar-refractivity contribution in [2.45, 2.75) is 38.6 Å². The minimum Gasteiger partial charge on any atom is -0.409 e. The standard InChI is InChI=1S/C14H23N3O/c1-2-13(12-8-4-3-5-9-12)16-11-7-6-10-14(15)17-18/h3-5,8-9,13,16,18H,2,6-7,10-11H2,1H3,(H2,15,17). The Labute approximate surface area is 109 Å². The van der Waals surface area contributed by atoms with E-state index in [-0.39, 0.29) is 0 Å². The maximum atomic E-state index is 8.41. The molecule has 0 amide bonds. The first-order valence-corrected chi connectivity index (χ1v) is 6.52. The number of oxime groups is 1. The average molecular weight is 249 g/mol. The topological polar surface area (TPSA) is 70.6 Å². The maximum absolute atomic E-state index is 8.41. The first-order valence-electron chi connectivity index (χ1n) is 6.52. The fraction of sp³-hybridized carbons (Fsp3) is 0.500.